The molecule has 0 radical (unpaired) electrons. The van der Waals surface area contributed by atoms with Crippen LogP contribution in [0.2, 0.25) is 0 Å². The zero-order valence-electron chi connectivity index (χ0n) is 16.1. The van der Waals surface area contributed by atoms with E-state index in [1.165, 1.54) is 6.42 Å². The fourth-order valence-electron chi connectivity index (χ4n) is 4.15. The largest absolute Gasteiger partial charge is 0.347 e. The average Bonchev–Trinajstić information content (AvgIpc) is 3.13. The Bertz CT molecular complexity index is 840. The van der Waals surface area contributed by atoms with E-state index in [9.17, 15) is 9.59 Å². The minimum atomic E-state index is -0.243. The van der Waals surface area contributed by atoms with E-state index < -0.39 is 0 Å². The molecule has 2 aromatic heterocycles. The summed E-state index contributed by atoms with van der Waals surface area (Å²) in [6.45, 7) is 1.08. The molecule has 4 rings (SSSR count). The molecule has 1 saturated carbocycles. The highest BCUT2D eigenvalue weighted by molar-refractivity contribution is 5.97. The summed E-state index contributed by atoms with van der Waals surface area (Å²) >= 11 is 0. The molecule has 2 aromatic rings. The first-order valence-corrected chi connectivity index (χ1v) is 10.3. The lowest BCUT2D eigenvalue weighted by Crippen LogP contribution is -2.37. The van der Waals surface area contributed by atoms with Crippen LogP contribution in [0.3, 0.4) is 0 Å². The predicted octanol–water partition coefficient (Wildman–Crippen LogP) is 2.61. The molecular weight excluding hydrogens is 354 g/mol. The molecule has 28 heavy (non-hydrogen) atoms. The van der Waals surface area contributed by atoms with Crippen molar-refractivity contribution in [2.45, 2.75) is 70.5 Å². The highest BCUT2D eigenvalue weighted by atomic mass is 16.2. The highest BCUT2D eigenvalue weighted by Crippen LogP contribution is 2.22. The van der Waals surface area contributed by atoms with E-state index in [-0.39, 0.29) is 17.9 Å². The molecule has 7 heteroatoms. The smallest absolute Gasteiger partial charge is 0.287 e. The Balaban J connectivity index is 1.51. The summed E-state index contributed by atoms with van der Waals surface area (Å²) in [6, 6.07) is 5.82. The fourth-order valence-corrected chi connectivity index (χ4v) is 4.15. The predicted molar refractivity (Wildman–Crippen MR) is 105 cm³/mol. The van der Waals surface area contributed by atoms with Crippen molar-refractivity contribution < 1.29 is 9.59 Å². The molecular formula is C21H27N5O2. The Morgan fingerprint density at radius 3 is 2.71 bits per heavy atom. The van der Waals surface area contributed by atoms with Crippen molar-refractivity contribution in [3.05, 3.63) is 47.3 Å². The third kappa shape index (κ3) is 4.08. The van der Waals surface area contributed by atoms with E-state index in [2.05, 4.69) is 20.6 Å². The van der Waals surface area contributed by atoms with Gasteiger partial charge < -0.3 is 15.2 Å². The minimum Gasteiger partial charge on any atom is -0.347 e. The van der Waals surface area contributed by atoms with Crippen LogP contribution in [0.5, 0.6) is 0 Å². The van der Waals surface area contributed by atoms with Crippen molar-refractivity contribution >= 4 is 11.8 Å². The Hall–Kier alpha value is -2.70. The van der Waals surface area contributed by atoms with Gasteiger partial charge in [0, 0.05) is 18.8 Å². The number of amides is 2. The number of carbonyl (C=O) groups excluding carboxylic acids is 2. The van der Waals surface area contributed by atoms with Gasteiger partial charge in [-0.3, -0.25) is 14.6 Å². The van der Waals surface area contributed by atoms with Crippen LogP contribution in [0.1, 0.15) is 77.4 Å². The first-order chi connectivity index (χ1) is 13.7. The molecule has 1 aliphatic carbocycles. The second kappa shape index (κ2) is 8.54. The second-order valence-corrected chi connectivity index (χ2v) is 7.65. The lowest BCUT2D eigenvalue weighted by molar-refractivity contribution is 0.0911. The number of hydrogen-bond donors (Lipinski definition) is 2. The van der Waals surface area contributed by atoms with Crippen LogP contribution >= 0.6 is 0 Å². The Labute approximate surface area is 165 Å². The van der Waals surface area contributed by atoms with Gasteiger partial charge in [0.25, 0.3) is 11.8 Å². The molecule has 0 unspecified atom stereocenters. The number of nitrogens with one attached hydrogen (secondary N) is 2. The van der Waals surface area contributed by atoms with E-state index in [0.717, 1.165) is 62.9 Å². The van der Waals surface area contributed by atoms with Gasteiger partial charge in [-0.1, -0.05) is 25.3 Å². The number of pyridine rings is 1. The van der Waals surface area contributed by atoms with Crippen LogP contribution < -0.4 is 10.6 Å². The van der Waals surface area contributed by atoms with Crippen molar-refractivity contribution in [2.24, 2.45) is 0 Å². The molecule has 1 fully saturated rings. The highest BCUT2D eigenvalue weighted by Gasteiger charge is 2.28. The van der Waals surface area contributed by atoms with E-state index in [1.54, 1.807) is 6.20 Å². The molecule has 0 atom stereocenters. The van der Waals surface area contributed by atoms with Crippen LogP contribution in [-0.2, 0) is 19.5 Å². The van der Waals surface area contributed by atoms with E-state index >= 15 is 0 Å². The maximum atomic E-state index is 12.9. The quantitative estimate of drug-likeness (QED) is 0.833. The molecule has 7 nitrogen and oxygen atoms in total. The van der Waals surface area contributed by atoms with Gasteiger partial charge in [-0.25, -0.2) is 4.98 Å². The molecule has 0 saturated heterocycles. The molecule has 2 N–H and O–H groups in total. The maximum Gasteiger partial charge on any atom is 0.287 e. The maximum absolute atomic E-state index is 12.9. The summed E-state index contributed by atoms with van der Waals surface area (Å²) < 4.78 is 1.94. The summed E-state index contributed by atoms with van der Waals surface area (Å²) in [6.07, 6.45) is 10.1. The normalized spacial score (nSPS) is 17.0. The fraction of sp³-hybridized carbons (Fsp3) is 0.524. The van der Waals surface area contributed by atoms with Gasteiger partial charge >= 0.3 is 0 Å². The summed E-state index contributed by atoms with van der Waals surface area (Å²) in [5, 5.41) is 6.02. The monoisotopic (exact) mass is 381 g/mol. The Morgan fingerprint density at radius 2 is 1.93 bits per heavy atom. The van der Waals surface area contributed by atoms with Gasteiger partial charge in [0.2, 0.25) is 0 Å². The number of imidazole rings is 1. The molecule has 0 spiro atoms. The first kappa shape index (κ1) is 18.7. The van der Waals surface area contributed by atoms with Gasteiger partial charge in [-0.15, -0.1) is 0 Å². The molecule has 2 aliphatic rings. The Morgan fingerprint density at radius 1 is 1.07 bits per heavy atom. The van der Waals surface area contributed by atoms with Gasteiger partial charge in [0.05, 0.1) is 17.9 Å². The van der Waals surface area contributed by atoms with E-state index in [4.69, 9.17) is 0 Å². The van der Waals surface area contributed by atoms with Gasteiger partial charge in [0.1, 0.15) is 5.69 Å². The standard InChI is InChI=1S/C21H27N5O2/c27-20(23-14-16-10-4-6-12-22-16)18-17-11-5-7-13-26(17)19(25-18)21(28)24-15-8-2-1-3-9-15/h4,6,10,12,15H,1-3,5,7-9,11,13-14H2,(H,23,27)(H,24,28). The molecule has 1 aliphatic heterocycles. The van der Waals surface area contributed by atoms with Gasteiger partial charge in [-0.2, -0.15) is 0 Å². The summed E-state index contributed by atoms with van der Waals surface area (Å²) in [4.78, 5) is 34.3. The van der Waals surface area contributed by atoms with E-state index in [0.29, 0.717) is 18.1 Å². The number of fused-ring (bicyclic) bond motifs is 1. The zero-order valence-corrected chi connectivity index (χ0v) is 16.1. The van der Waals surface area contributed by atoms with Crippen molar-refractivity contribution in [2.75, 3.05) is 0 Å². The number of hydrogen-bond acceptors (Lipinski definition) is 4. The molecule has 0 bridgehead atoms. The lowest BCUT2D eigenvalue weighted by Gasteiger charge is -2.23. The average molecular weight is 381 g/mol. The zero-order chi connectivity index (χ0) is 19.3. The number of rotatable bonds is 5. The van der Waals surface area contributed by atoms with Crippen LogP contribution in [0.25, 0.3) is 0 Å². The van der Waals surface area contributed by atoms with Gasteiger partial charge in [0.15, 0.2) is 5.82 Å². The van der Waals surface area contributed by atoms with Crippen LogP contribution in [0.4, 0.5) is 0 Å². The number of aromatic nitrogens is 3. The number of carbonyl (C=O) groups is 2. The third-order valence-electron chi connectivity index (χ3n) is 5.63. The van der Waals surface area contributed by atoms with Crippen molar-refractivity contribution in [1.82, 2.24) is 25.2 Å². The molecule has 3 heterocycles. The topological polar surface area (TPSA) is 88.9 Å². The summed E-state index contributed by atoms with van der Waals surface area (Å²) in [5.41, 5.74) is 2.04. The lowest BCUT2D eigenvalue weighted by atomic mass is 9.95. The molecule has 148 valence electrons. The summed E-state index contributed by atoms with van der Waals surface area (Å²) in [7, 11) is 0. The minimum absolute atomic E-state index is 0.154. The summed E-state index contributed by atoms with van der Waals surface area (Å²) in [5.74, 6) is -0.0184. The van der Waals surface area contributed by atoms with Crippen molar-refractivity contribution in [3.63, 3.8) is 0 Å². The van der Waals surface area contributed by atoms with Gasteiger partial charge in [-0.05, 0) is 44.2 Å². The Kier molecular flexibility index (Phi) is 5.69. The van der Waals surface area contributed by atoms with Crippen LogP contribution in [0, 0.1) is 0 Å². The molecule has 2 amide bonds. The first-order valence-electron chi connectivity index (χ1n) is 10.3. The number of nitrogens with zero attached hydrogens (tertiary/aromatic N) is 3. The van der Waals surface area contributed by atoms with Crippen molar-refractivity contribution in [1.29, 1.82) is 0 Å². The second-order valence-electron chi connectivity index (χ2n) is 7.65. The van der Waals surface area contributed by atoms with Crippen LogP contribution in [-0.4, -0.2) is 32.4 Å². The van der Waals surface area contributed by atoms with Crippen LogP contribution in [0.15, 0.2) is 24.4 Å². The molecule has 0 aromatic carbocycles. The SMILES string of the molecule is O=C(NCc1ccccn1)c1nc(C(=O)NC2CCCCC2)n2c1CCCC2. The third-order valence-corrected chi connectivity index (χ3v) is 5.63. The van der Waals surface area contributed by atoms with E-state index in [1.807, 2.05) is 22.8 Å². The van der Waals surface area contributed by atoms with Crippen molar-refractivity contribution in [3.8, 4) is 0 Å².